The van der Waals surface area contributed by atoms with E-state index in [1.807, 2.05) is 13.8 Å². The molecule has 0 heterocycles. The minimum absolute atomic E-state index is 0.0202. The minimum atomic E-state index is -3.69. The minimum Gasteiger partial charge on any atom is -0.491 e. The quantitative estimate of drug-likeness (QED) is 0.776. The van der Waals surface area contributed by atoms with Crippen molar-refractivity contribution in [2.24, 2.45) is 0 Å². The zero-order valence-corrected chi connectivity index (χ0v) is 16.4. The van der Waals surface area contributed by atoms with Crippen LogP contribution in [0.15, 0.2) is 53.4 Å². The lowest BCUT2D eigenvalue weighted by atomic mass is 10.2. The molecule has 0 aliphatic rings. The molecule has 0 fully saturated rings. The van der Waals surface area contributed by atoms with Gasteiger partial charge in [0.05, 0.1) is 16.7 Å². The lowest BCUT2D eigenvalue weighted by molar-refractivity contribution is -0.116. The molecule has 140 valence electrons. The first kappa shape index (κ1) is 19.8. The summed E-state index contributed by atoms with van der Waals surface area (Å²) >= 11 is 0. The molecule has 26 heavy (non-hydrogen) atoms. The predicted molar refractivity (Wildman–Crippen MR) is 103 cm³/mol. The van der Waals surface area contributed by atoms with Gasteiger partial charge in [-0.3, -0.25) is 9.10 Å². The third kappa shape index (κ3) is 4.35. The summed E-state index contributed by atoms with van der Waals surface area (Å²) in [6, 6.07) is 13.1. The van der Waals surface area contributed by atoms with E-state index in [4.69, 9.17) is 4.74 Å². The fourth-order valence-corrected chi connectivity index (χ4v) is 3.52. The van der Waals surface area contributed by atoms with Crippen molar-refractivity contribution in [3.05, 3.63) is 48.5 Å². The van der Waals surface area contributed by atoms with Crippen LogP contribution >= 0.6 is 0 Å². The molecule has 0 unspecified atom stereocenters. The van der Waals surface area contributed by atoms with Crippen molar-refractivity contribution in [3.8, 4) is 5.75 Å². The van der Waals surface area contributed by atoms with Crippen molar-refractivity contribution < 1.29 is 17.9 Å². The van der Waals surface area contributed by atoms with Gasteiger partial charge in [-0.25, -0.2) is 8.42 Å². The van der Waals surface area contributed by atoms with E-state index in [2.05, 4.69) is 0 Å². The van der Waals surface area contributed by atoms with Crippen molar-refractivity contribution in [1.82, 2.24) is 0 Å². The monoisotopic (exact) mass is 376 g/mol. The summed E-state index contributed by atoms with van der Waals surface area (Å²) in [5, 5.41) is 0. The molecule has 0 aliphatic carbocycles. The highest BCUT2D eigenvalue weighted by Crippen LogP contribution is 2.26. The van der Waals surface area contributed by atoms with E-state index in [0.717, 1.165) is 0 Å². The first-order valence-corrected chi connectivity index (χ1v) is 9.67. The number of rotatable bonds is 6. The summed E-state index contributed by atoms with van der Waals surface area (Å²) in [5.74, 6) is 0.528. The fraction of sp³-hybridized carbons (Fsp3) is 0.316. The lowest BCUT2D eigenvalue weighted by Gasteiger charge is -2.21. The normalized spacial score (nSPS) is 11.3. The van der Waals surface area contributed by atoms with Crippen LogP contribution in [0.3, 0.4) is 0 Å². The number of hydrogen-bond donors (Lipinski definition) is 0. The Labute approximate surface area is 155 Å². The van der Waals surface area contributed by atoms with E-state index in [1.54, 1.807) is 43.4 Å². The molecule has 7 heteroatoms. The van der Waals surface area contributed by atoms with Gasteiger partial charge in [0, 0.05) is 26.7 Å². The van der Waals surface area contributed by atoms with E-state index >= 15 is 0 Å². The molecule has 2 aromatic rings. The van der Waals surface area contributed by atoms with Gasteiger partial charge in [0.25, 0.3) is 10.0 Å². The Kier molecular flexibility index (Phi) is 5.92. The second kappa shape index (κ2) is 7.78. The molecular formula is C19H24N2O4S. The van der Waals surface area contributed by atoms with Crippen LogP contribution in [0.1, 0.15) is 20.8 Å². The van der Waals surface area contributed by atoms with Gasteiger partial charge in [0.1, 0.15) is 5.75 Å². The maximum Gasteiger partial charge on any atom is 0.264 e. The number of amides is 1. The molecule has 0 aromatic heterocycles. The molecule has 2 rings (SSSR count). The Morgan fingerprint density at radius 1 is 0.923 bits per heavy atom. The number of anilines is 2. The van der Waals surface area contributed by atoms with Crippen molar-refractivity contribution in [2.75, 3.05) is 23.3 Å². The first-order valence-electron chi connectivity index (χ1n) is 8.23. The fourth-order valence-electron chi connectivity index (χ4n) is 2.33. The average Bonchev–Trinajstić information content (AvgIpc) is 2.60. The van der Waals surface area contributed by atoms with Gasteiger partial charge in [-0.05, 0) is 62.4 Å². The van der Waals surface area contributed by atoms with Crippen LogP contribution in [-0.4, -0.2) is 34.5 Å². The van der Waals surface area contributed by atoms with Gasteiger partial charge in [-0.1, -0.05) is 0 Å². The molecule has 2 aromatic carbocycles. The molecular weight excluding hydrogens is 352 g/mol. The summed E-state index contributed by atoms with van der Waals surface area (Å²) in [4.78, 5) is 13.1. The number of sulfonamides is 1. The summed E-state index contributed by atoms with van der Waals surface area (Å²) in [7, 11) is -0.527. The zero-order valence-electron chi connectivity index (χ0n) is 15.6. The molecule has 0 N–H and O–H groups in total. The van der Waals surface area contributed by atoms with Gasteiger partial charge < -0.3 is 9.64 Å². The number of ether oxygens (including phenoxy) is 1. The second-order valence-electron chi connectivity index (χ2n) is 6.20. The Bertz CT molecular complexity index is 859. The molecule has 0 aliphatic heterocycles. The van der Waals surface area contributed by atoms with Gasteiger partial charge >= 0.3 is 0 Å². The van der Waals surface area contributed by atoms with Crippen LogP contribution in [0.4, 0.5) is 11.4 Å². The maximum absolute atomic E-state index is 12.8. The van der Waals surface area contributed by atoms with Crippen molar-refractivity contribution in [1.29, 1.82) is 0 Å². The molecule has 1 amide bonds. The number of carbonyl (C=O) groups is 1. The van der Waals surface area contributed by atoms with Crippen LogP contribution in [0.2, 0.25) is 0 Å². The predicted octanol–water partition coefficient (Wildman–Crippen LogP) is 3.28. The highest BCUT2D eigenvalue weighted by Gasteiger charge is 2.21. The zero-order chi connectivity index (χ0) is 19.5. The van der Waals surface area contributed by atoms with Crippen molar-refractivity contribution in [3.63, 3.8) is 0 Å². The largest absolute Gasteiger partial charge is 0.491 e. The number of carbonyl (C=O) groups excluding carboxylic acids is 1. The molecule has 0 spiro atoms. The van der Waals surface area contributed by atoms with E-state index < -0.39 is 10.0 Å². The van der Waals surface area contributed by atoms with Gasteiger partial charge in [0.2, 0.25) is 5.91 Å². The summed E-state index contributed by atoms with van der Waals surface area (Å²) < 4.78 is 32.4. The summed E-state index contributed by atoms with van der Waals surface area (Å²) in [6.45, 7) is 5.29. The first-order chi connectivity index (χ1) is 12.1. The van der Waals surface area contributed by atoms with Crippen molar-refractivity contribution in [2.45, 2.75) is 31.8 Å². The van der Waals surface area contributed by atoms with E-state index in [0.29, 0.717) is 17.1 Å². The van der Waals surface area contributed by atoms with E-state index in [9.17, 15) is 13.2 Å². The van der Waals surface area contributed by atoms with Crippen LogP contribution in [0.5, 0.6) is 5.75 Å². The molecule has 0 bridgehead atoms. The van der Waals surface area contributed by atoms with Gasteiger partial charge in [-0.2, -0.15) is 0 Å². The highest BCUT2D eigenvalue weighted by molar-refractivity contribution is 7.92. The van der Waals surface area contributed by atoms with Gasteiger partial charge in [-0.15, -0.1) is 0 Å². The van der Waals surface area contributed by atoms with Crippen LogP contribution in [0.25, 0.3) is 0 Å². The van der Waals surface area contributed by atoms with Crippen LogP contribution in [0, 0.1) is 0 Å². The molecule has 6 nitrogen and oxygen atoms in total. The molecule has 0 saturated heterocycles. The van der Waals surface area contributed by atoms with E-state index in [1.165, 1.54) is 35.3 Å². The number of nitrogens with zero attached hydrogens (tertiary/aromatic N) is 2. The van der Waals surface area contributed by atoms with Crippen molar-refractivity contribution >= 4 is 27.3 Å². The number of hydrogen-bond acceptors (Lipinski definition) is 4. The molecule has 0 radical (unpaired) electrons. The lowest BCUT2D eigenvalue weighted by Crippen LogP contribution is -2.27. The Morgan fingerprint density at radius 3 is 1.88 bits per heavy atom. The Hall–Kier alpha value is -2.54. The summed E-state index contributed by atoms with van der Waals surface area (Å²) in [6.07, 6.45) is 0.0202. The topological polar surface area (TPSA) is 66.9 Å². The maximum atomic E-state index is 12.8. The molecule has 0 saturated carbocycles. The third-order valence-electron chi connectivity index (χ3n) is 3.93. The summed E-state index contributed by atoms with van der Waals surface area (Å²) in [5.41, 5.74) is 1.20. The van der Waals surface area contributed by atoms with Crippen LogP contribution < -0.4 is 13.9 Å². The SMILES string of the molecule is CC(=O)N(C)c1ccc(N(C)S(=O)(=O)c2ccc(OC(C)C)cc2)cc1. The highest BCUT2D eigenvalue weighted by atomic mass is 32.2. The Balaban J connectivity index is 2.24. The molecule has 0 atom stereocenters. The smallest absolute Gasteiger partial charge is 0.264 e. The van der Waals surface area contributed by atoms with Gasteiger partial charge in [0.15, 0.2) is 0 Å². The Morgan fingerprint density at radius 2 is 1.42 bits per heavy atom. The second-order valence-corrected chi connectivity index (χ2v) is 8.17. The van der Waals surface area contributed by atoms with E-state index in [-0.39, 0.29) is 16.9 Å². The third-order valence-corrected chi connectivity index (χ3v) is 5.73. The average molecular weight is 376 g/mol. The standard InChI is InChI=1S/C19H24N2O4S/c1-14(2)25-18-10-12-19(13-11-18)26(23,24)21(5)17-8-6-16(7-9-17)20(4)15(3)22/h6-14H,1-5H3. The number of benzene rings is 2. The van der Waals surface area contributed by atoms with Crippen LogP contribution in [-0.2, 0) is 14.8 Å².